The monoisotopic (exact) mass is 1090 g/mol. The third-order valence-corrected chi connectivity index (χ3v) is 1.63. The summed E-state index contributed by atoms with van der Waals surface area (Å²) < 4.78 is 9.78. The van der Waals surface area contributed by atoms with Crippen molar-refractivity contribution in [2.75, 3.05) is 0 Å². The van der Waals surface area contributed by atoms with Crippen LogP contribution >= 0.6 is 113 Å². The molecule has 0 fully saturated rings. The van der Waals surface area contributed by atoms with Gasteiger partial charge in [0.15, 0.2) is 5.09 Å². The summed E-state index contributed by atoms with van der Waals surface area (Å²) in [6.07, 6.45) is 1.66. The van der Waals surface area contributed by atoms with Crippen molar-refractivity contribution in [2.24, 2.45) is 0 Å². The van der Waals surface area contributed by atoms with Crippen molar-refractivity contribution in [3.8, 4) is 0 Å². The number of rotatable bonds is 0. The van der Waals surface area contributed by atoms with Gasteiger partial charge in [-0.25, -0.2) is 0 Å². The Morgan fingerprint density at radius 1 is 1.00 bits per heavy atom. The number of hydrogen-bond donors (Lipinski definition) is 3. The van der Waals surface area contributed by atoms with Gasteiger partial charge in [-0.1, -0.05) is 0 Å². The second-order valence-electron chi connectivity index (χ2n) is 3.50. The summed E-state index contributed by atoms with van der Waals surface area (Å²) in [5, 5.41) is 15.9. The molecule has 28 heavy (non-hydrogen) atoms. The molecule has 0 unspecified atom stereocenters. The summed E-state index contributed by atoms with van der Waals surface area (Å²) in [4.78, 5) is -0.278. The molecule has 0 saturated heterocycles. The van der Waals surface area contributed by atoms with E-state index >= 15 is 0 Å². The molecule has 2 N–H and O–H groups in total. The largest absolute Gasteiger partial charge is 0 e. The Bertz CT molecular complexity index is 442. The first-order valence-corrected chi connectivity index (χ1v) is 28.9. The van der Waals surface area contributed by atoms with Crippen LogP contribution in [0.5, 0.6) is 0 Å². The Morgan fingerprint density at radius 2 is 1.36 bits per heavy atom. The first kappa shape index (κ1) is 49.4. The van der Waals surface area contributed by atoms with Gasteiger partial charge in [0.05, 0.1) is 6.26 Å². The maximum Gasteiger partial charge on any atom is 0 e. The molecule has 168 valence electrons. The molecule has 0 spiro atoms. The van der Waals surface area contributed by atoms with E-state index < -0.39 is 7.12 Å². The molecule has 0 aliphatic carbocycles. The minimum atomic E-state index is -1.17. The summed E-state index contributed by atoms with van der Waals surface area (Å²) in [6, 6.07) is 7.48. The number of furan rings is 2. The van der Waals surface area contributed by atoms with E-state index in [1.807, 2.05) is 38.1 Å². The molecule has 0 aliphatic rings. The average Bonchev–Trinajstić information content (AvgIpc) is 3.01. The topological polar surface area (TPSA) is 66.7 Å². The van der Waals surface area contributed by atoms with Crippen LogP contribution in [0.15, 0.2) is 44.5 Å². The van der Waals surface area contributed by atoms with Crippen LogP contribution in [0, 0.1) is 36.1 Å². The van der Waals surface area contributed by atoms with Crippen molar-refractivity contribution in [3.05, 3.63) is 64.3 Å². The fourth-order valence-corrected chi connectivity index (χ4v) is 1.00. The van der Waals surface area contributed by atoms with Crippen molar-refractivity contribution in [3.63, 3.8) is 0 Å². The van der Waals surface area contributed by atoms with Crippen molar-refractivity contribution in [1.82, 2.24) is 0 Å². The zero-order valence-corrected chi connectivity index (χ0v) is 32.2. The van der Waals surface area contributed by atoms with E-state index in [0.29, 0.717) is 14.6 Å². The van der Waals surface area contributed by atoms with Gasteiger partial charge in [-0.2, -0.15) is 0 Å². The molecular formula is C14H26BI5O4SV3-3. The first-order chi connectivity index (χ1) is 11.1. The Labute approximate surface area is 256 Å². The van der Waals surface area contributed by atoms with Crippen LogP contribution in [-0.2, 0) is 32.9 Å². The SMILES string of the molecule is CB(O)O.Cc1ccc(S)o1.Cc1ccco1.[CH3-].[CH3-].[CH3-].[I][V]([I])[I].[I][V][I].[V]. The Hall–Kier alpha value is 4.30. The molecule has 0 saturated carbocycles. The molecule has 0 aromatic carbocycles. The van der Waals surface area contributed by atoms with E-state index in [1.54, 1.807) is 6.26 Å². The van der Waals surface area contributed by atoms with E-state index in [-0.39, 0.29) is 45.8 Å². The molecule has 2 aromatic rings. The number of hydrogen-bond acceptors (Lipinski definition) is 5. The fourth-order valence-electron chi connectivity index (χ4n) is 0.782. The smallest absolute Gasteiger partial charge is 0 e. The predicted octanol–water partition coefficient (Wildman–Crippen LogP) is 8.33. The van der Waals surface area contributed by atoms with Gasteiger partial charge in [0.2, 0.25) is 0 Å². The van der Waals surface area contributed by atoms with Crippen LogP contribution in [0.2, 0.25) is 6.82 Å². The normalized spacial score (nSPS) is 7.00. The van der Waals surface area contributed by atoms with Crippen LogP contribution in [0.3, 0.4) is 0 Å². The zero-order valence-electron chi connectivity index (χ0n) is 16.4. The summed E-state index contributed by atoms with van der Waals surface area (Å²) in [5.41, 5.74) is 0. The molecule has 2 aromatic heterocycles. The van der Waals surface area contributed by atoms with Gasteiger partial charge in [0.1, 0.15) is 11.5 Å². The molecule has 0 atom stereocenters. The van der Waals surface area contributed by atoms with Crippen LogP contribution in [0.4, 0.5) is 0 Å². The maximum atomic E-state index is 7.61. The summed E-state index contributed by atoms with van der Waals surface area (Å²) in [5.74, 6) is 1.88. The molecule has 2 rings (SSSR count). The molecule has 14 heteroatoms. The first-order valence-electron chi connectivity index (χ1n) is 5.88. The van der Waals surface area contributed by atoms with Crippen molar-refractivity contribution in [2.45, 2.75) is 25.8 Å². The van der Waals surface area contributed by atoms with Gasteiger partial charge in [-0.15, -0.1) is 12.6 Å². The van der Waals surface area contributed by atoms with Crippen LogP contribution in [0.25, 0.3) is 0 Å². The molecule has 1 radical (unpaired) electrons. The summed E-state index contributed by atoms with van der Waals surface area (Å²) >= 11 is 16.1. The van der Waals surface area contributed by atoms with Crippen LogP contribution in [0.1, 0.15) is 11.5 Å². The van der Waals surface area contributed by atoms with Crippen molar-refractivity contribution >= 4 is 120 Å². The second kappa shape index (κ2) is 38.6. The van der Waals surface area contributed by atoms with E-state index in [0.717, 1.165) is 11.5 Å². The van der Waals surface area contributed by atoms with E-state index in [9.17, 15) is 0 Å². The third-order valence-electron chi connectivity index (χ3n) is 1.39. The van der Waals surface area contributed by atoms with Gasteiger partial charge >= 0.3 is 121 Å². The third kappa shape index (κ3) is 63.1. The number of halogens is 5. The number of aryl methyl sites for hydroxylation is 2. The van der Waals surface area contributed by atoms with Crippen molar-refractivity contribution in [1.29, 1.82) is 0 Å². The zero-order chi connectivity index (χ0) is 19.5. The van der Waals surface area contributed by atoms with E-state index in [1.165, 1.54) is 6.82 Å². The molecular weight excluding hydrogens is 1060 g/mol. The summed E-state index contributed by atoms with van der Waals surface area (Å²) in [6.45, 7) is 5.08. The van der Waals surface area contributed by atoms with E-state index in [4.69, 9.17) is 18.9 Å². The average molecular weight is 1090 g/mol. The van der Waals surface area contributed by atoms with Gasteiger partial charge in [0.25, 0.3) is 0 Å². The Morgan fingerprint density at radius 3 is 1.43 bits per heavy atom. The van der Waals surface area contributed by atoms with Crippen LogP contribution < -0.4 is 0 Å². The van der Waals surface area contributed by atoms with Gasteiger partial charge in [-0.05, 0) is 44.9 Å². The molecule has 0 bridgehead atoms. The molecule has 4 nitrogen and oxygen atoms in total. The minimum absolute atomic E-state index is 0. The number of thiol groups is 1. The minimum Gasteiger partial charge on any atom is 0 e. The molecule has 2 heterocycles. The molecule has 0 aliphatic heterocycles. The predicted molar refractivity (Wildman–Crippen MR) is 160 cm³/mol. The van der Waals surface area contributed by atoms with Crippen LogP contribution in [-0.4, -0.2) is 17.2 Å². The van der Waals surface area contributed by atoms with Gasteiger partial charge in [0, 0.05) is 18.6 Å². The Balaban J connectivity index is -0.0000000393. The Kier molecular flexibility index (Phi) is 68.1. The standard InChI is InChI=1S/C5H6OS.C5H6O.CH5BO2.3CH3.5HI.3V/c1-4-2-3-5(7)6-4;1-5-3-2-4-6-5;1-2(3)4;;;;;;;;;;;/h2-3,7H,1H3;2-4H,1H3;3-4H,1H3;3*1H3;5*1H;;;/q;;;3*-1;;;;;;;+2;+3/p-5. The van der Waals surface area contributed by atoms with E-state index in [2.05, 4.69) is 113 Å². The molecule has 0 amide bonds. The van der Waals surface area contributed by atoms with Gasteiger partial charge < -0.3 is 41.2 Å². The fraction of sp³-hybridized carbons (Fsp3) is 0.214. The summed E-state index contributed by atoms with van der Waals surface area (Å²) in [7, 11) is -0.539. The van der Waals surface area contributed by atoms with Gasteiger partial charge in [-0.3, -0.25) is 0 Å². The second-order valence-corrected chi connectivity index (χ2v) is 51.1. The van der Waals surface area contributed by atoms with Crippen molar-refractivity contribution < 1.29 is 51.8 Å². The quantitative estimate of drug-likeness (QED) is 0.108. The maximum absolute atomic E-state index is 7.61.